The Balaban J connectivity index is 0.00000612. The molecule has 0 amide bonds. The number of phenols is 1. The summed E-state index contributed by atoms with van der Waals surface area (Å²) in [5.74, 6) is 0.656. The summed E-state index contributed by atoms with van der Waals surface area (Å²) >= 11 is 0. The summed E-state index contributed by atoms with van der Waals surface area (Å²) in [6.07, 6.45) is 1.86. The fourth-order valence-electron chi connectivity index (χ4n) is 7.90. The Hall–Kier alpha value is -5.57. The van der Waals surface area contributed by atoms with Crippen molar-refractivity contribution in [1.29, 1.82) is 0 Å². The second kappa shape index (κ2) is 16.4. The van der Waals surface area contributed by atoms with Crippen LogP contribution in [0, 0.1) is 19.8 Å². The third-order valence-electron chi connectivity index (χ3n) is 11.5. The molecule has 0 aliphatic heterocycles. The number of aromatic hydroxyl groups is 1. The third-order valence-corrected chi connectivity index (χ3v) is 11.5. The van der Waals surface area contributed by atoms with Gasteiger partial charge in [0.15, 0.2) is 0 Å². The summed E-state index contributed by atoms with van der Waals surface area (Å²) in [4.78, 5) is 10.4. The van der Waals surface area contributed by atoms with E-state index in [4.69, 9.17) is 14.1 Å². The first-order chi connectivity index (χ1) is 29.6. The van der Waals surface area contributed by atoms with E-state index in [1.165, 1.54) is 5.56 Å². The number of benzene rings is 6. The average Bonchev–Trinajstić information content (AvgIpc) is 3.62. The van der Waals surface area contributed by atoms with Crippen LogP contribution in [0.2, 0.25) is 0 Å². The van der Waals surface area contributed by atoms with Crippen LogP contribution in [-0.4, -0.2) is 19.6 Å². The van der Waals surface area contributed by atoms with Gasteiger partial charge in [-0.2, -0.15) is 0 Å². The molecule has 2 heterocycles. The molecule has 61 heavy (non-hydrogen) atoms. The van der Waals surface area contributed by atoms with Crippen LogP contribution < -0.4 is 0 Å². The van der Waals surface area contributed by atoms with Gasteiger partial charge in [-0.3, -0.25) is 9.55 Å². The minimum atomic E-state index is -2.42. The van der Waals surface area contributed by atoms with E-state index in [1.54, 1.807) is 6.07 Å². The second-order valence-corrected chi connectivity index (χ2v) is 19.2. The zero-order chi connectivity index (χ0) is 45.2. The first-order valence-electron chi connectivity index (χ1n) is 22.3. The molecule has 0 saturated heterocycles. The minimum absolute atomic E-state index is 0. The smallest absolute Gasteiger partial charge is 0.148 e. The fraction of sp³-hybridized carbons (Fsp3) is 0.250. The fourth-order valence-corrected chi connectivity index (χ4v) is 7.90. The van der Waals surface area contributed by atoms with E-state index >= 15 is 0 Å². The average molecular weight is 985 g/mol. The molecule has 312 valence electrons. The van der Waals surface area contributed by atoms with Crippen LogP contribution in [0.25, 0.3) is 72.7 Å². The summed E-state index contributed by atoms with van der Waals surface area (Å²) in [7, 11) is 0. The van der Waals surface area contributed by atoms with Crippen molar-refractivity contribution in [3.63, 3.8) is 0 Å². The molecule has 6 aromatic carbocycles. The van der Waals surface area contributed by atoms with Crippen molar-refractivity contribution in [2.75, 3.05) is 0 Å². The number of phenolic OH excluding ortho intramolecular Hbond substituents is 1. The molecule has 0 unspecified atom stereocenters. The molecular formula is C56H56N3OPt-. The summed E-state index contributed by atoms with van der Waals surface area (Å²) in [6, 6.07) is 46.3. The standard InChI is InChI=1S/C56H56N3O.Pt/c1-35-20-22-37(23-21-35)39-26-27-57-49(32-39)41-29-40(30-42(31-41)54(3,4)5)46-18-15-19-50-51(46)58-53(47-33-43(55(6,7)8)34-48(52(47)60)56(9,10)11)59(50)44-24-25-45(36(2)28-44)38-16-13-12-14-17-38;/h12-28,30-34,60H,1-11H3;/q-1;/i2D3;. The maximum absolute atomic E-state index is 12.4. The van der Waals surface area contributed by atoms with Gasteiger partial charge in [-0.1, -0.05) is 164 Å². The van der Waals surface area contributed by atoms with E-state index in [1.807, 2.05) is 77.5 Å². The van der Waals surface area contributed by atoms with Crippen LogP contribution in [0.3, 0.4) is 0 Å². The Morgan fingerprint density at radius 2 is 1.30 bits per heavy atom. The Morgan fingerprint density at radius 1 is 0.607 bits per heavy atom. The van der Waals surface area contributed by atoms with E-state index in [-0.39, 0.29) is 43.2 Å². The van der Waals surface area contributed by atoms with Gasteiger partial charge in [-0.25, -0.2) is 4.98 Å². The number of aromatic nitrogens is 3. The van der Waals surface area contributed by atoms with Crippen molar-refractivity contribution in [2.24, 2.45) is 0 Å². The van der Waals surface area contributed by atoms with Gasteiger partial charge in [0.05, 0.1) is 16.6 Å². The molecule has 8 aromatic rings. The monoisotopic (exact) mass is 984 g/mol. The van der Waals surface area contributed by atoms with Crippen LogP contribution >= 0.6 is 0 Å². The van der Waals surface area contributed by atoms with E-state index in [0.29, 0.717) is 28.2 Å². The van der Waals surface area contributed by atoms with Crippen LogP contribution in [0.5, 0.6) is 5.75 Å². The topological polar surface area (TPSA) is 50.9 Å². The van der Waals surface area contributed by atoms with Crippen LogP contribution in [-0.2, 0) is 37.3 Å². The van der Waals surface area contributed by atoms with Gasteiger partial charge in [0.1, 0.15) is 11.6 Å². The van der Waals surface area contributed by atoms with Gasteiger partial charge in [0.2, 0.25) is 0 Å². The van der Waals surface area contributed by atoms with E-state index < -0.39 is 12.3 Å². The zero-order valence-electron chi connectivity index (χ0n) is 39.8. The number of imidazole rings is 1. The SMILES string of the molecule is [2H]C([2H])([2H])c1cc(-n2c(-c3cc(C(C)(C)C)cc(C(C)(C)C)c3O)nc3c(-c4[c-]c(-c5cc(-c6ccc(C)cc6)ccn5)cc(C(C)(C)C)c4)cccc32)ccc1-c1ccccc1.[Pt]. The summed E-state index contributed by atoms with van der Waals surface area (Å²) in [5, 5.41) is 12.4. The Kier molecular flexibility index (Phi) is 10.6. The molecule has 0 radical (unpaired) electrons. The molecule has 0 bridgehead atoms. The van der Waals surface area contributed by atoms with Crippen molar-refractivity contribution in [1.82, 2.24) is 14.5 Å². The Bertz CT molecular complexity index is 3000. The van der Waals surface area contributed by atoms with Gasteiger partial charge < -0.3 is 5.11 Å². The zero-order valence-corrected chi connectivity index (χ0v) is 39.1. The molecule has 0 fully saturated rings. The van der Waals surface area contributed by atoms with Crippen molar-refractivity contribution < 1.29 is 30.3 Å². The van der Waals surface area contributed by atoms with E-state index in [9.17, 15) is 5.11 Å². The van der Waals surface area contributed by atoms with Gasteiger partial charge in [0.25, 0.3) is 0 Å². The van der Waals surface area contributed by atoms with Crippen molar-refractivity contribution >= 4 is 11.0 Å². The number of aryl methyl sites for hydroxylation is 2. The molecule has 1 N–H and O–H groups in total. The molecule has 2 aromatic heterocycles. The third kappa shape index (κ3) is 8.66. The summed E-state index contributed by atoms with van der Waals surface area (Å²) < 4.78 is 28.2. The number of fused-ring (bicyclic) bond motifs is 1. The first-order valence-corrected chi connectivity index (χ1v) is 20.8. The molecule has 0 saturated carbocycles. The maximum atomic E-state index is 12.4. The Labute approximate surface area is 381 Å². The normalized spacial score (nSPS) is 13.0. The number of hydrogen-bond acceptors (Lipinski definition) is 3. The van der Waals surface area contributed by atoms with E-state index in [0.717, 1.165) is 61.3 Å². The molecule has 0 spiro atoms. The number of para-hydroxylation sites is 1. The van der Waals surface area contributed by atoms with Crippen LogP contribution in [0.15, 0.2) is 134 Å². The van der Waals surface area contributed by atoms with Crippen molar-refractivity contribution in [2.45, 2.75) is 92.3 Å². The van der Waals surface area contributed by atoms with Crippen LogP contribution in [0.1, 0.15) is 94.2 Å². The molecular weight excluding hydrogens is 926 g/mol. The van der Waals surface area contributed by atoms with Gasteiger partial charge >= 0.3 is 0 Å². The molecule has 5 heteroatoms. The predicted octanol–water partition coefficient (Wildman–Crippen LogP) is 14.8. The van der Waals surface area contributed by atoms with Crippen LogP contribution in [0.4, 0.5) is 0 Å². The maximum Gasteiger partial charge on any atom is 0.148 e. The quantitative estimate of drug-likeness (QED) is 0.169. The van der Waals surface area contributed by atoms with Gasteiger partial charge in [0, 0.05) is 48.3 Å². The summed E-state index contributed by atoms with van der Waals surface area (Å²) in [6.45, 7) is 19.1. The number of rotatable bonds is 6. The largest absolute Gasteiger partial charge is 0.507 e. The Morgan fingerprint density at radius 3 is 1.97 bits per heavy atom. The predicted molar refractivity (Wildman–Crippen MR) is 252 cm³/mol. The van der Waals surface area contributed by atoms with Gasteiger partial charge in [-0.05, 0) is 93.7 Å². The second-order valence-electron chi connectivity index (χ2n) is 19.2. The van der Waals surface area contributed by atoms with E-state index in [2.05, 4.69) is 130 Å². The molecule has 0 atom stereocenters. The molecule has 0 aliphatic rings. The van der Waals surface area contributed by atoms with Gasteiger partial charge in [-0.15, -0.1) is 29.3 Å². The number of pyridine rings is 1. The van der Waals surface area contributed by atoms with Crippen molar-refractivity contribution in [3.8, 4) is 67.5 Å². The minimum Gasteiger partial charge on any atom is -0.507 e. The molecule has 0 aliphatic carbocycles. The number of nitrogens with zero attached hydrogens (tertiary/aromatic N) is 3. The number of hydrogen-bond donors (Lipinski definition) is 1. The molecule has 8 rings (SSSR count). The van der Waals surface area contributed by atoms with Crippen molar-refractivity contribution in [3.05, 3.63) is 167 Å². The molecule has 4 nitrogen and oxygen atoms in total. The summed E-state index contributed by atoms with van der Waals surface area (Å²) in [5.41, 5.74) is 13.3. The first kappa shape index (κ1) is 39.6.